The molecule has 1 aliphatic rings. The van der Waals surface area contributed by atoms with Gasteiger partial charge in [-0.25, -0.2) is 0 Å². The first-order chi connectivity index (χ1) is 11.5. The molecule has 0 spiro atoms. The molecule has 1 heterocycles. The zero-order chi connectivity index (χ0) is 17.7. The maximum absolute atomic E-state index is 12.8. The third kappa shape index (κ3) is 4.95. The minimum Gasteiger partial charge on any atom is -0.339 e. The molecule has 2 unspecified atom stereocenters. The second-order valence-electron chi connectivity index (χ2n) is 6.48. The van der Waals surface area contributed by atoms with E-state index in [2.05, 4.69) is 0 Å². The normalized spacial score (nSPS) is 18.2. The maximum atomic E-state index is 12.8. The number of nitrogens with two attached hydrogens (primary N) is 1. The van der Waals surface area contributed by atoms with E-state index >= 15 is 0 Å². The van der Waals surface area contributed by atoms with Gasteiger partial charge in [-0.1, -0.05) is 0 Å². The Morgan fingerprint density at radius 3 is 2.24 bits per heavy atom. The summed E-state index contributed by atoms with van der Waals surface area (Å²) in [7, 11) is 0. The quantitative estimate of drug-likeness (QED) is 0.870. The molecule has 2 N–H and O–H groups in total. The zero-order valence-corrected chi connectivity index (χ0v) is 16.2. The fourth-order valence-corrected chi connectivity index (χ4v) is 3.37. The Labute approximate surface area is 157 Å². The van der Waals surface area contributed by atoms with Crippen molar-refractivity contribution in [2.45, 2.75) is 52.1 Å². The van der Waals surface area contributed by atoms with Crippen molar-refractivity contribution >= 4 is 24.2 Å². The van der Waals surface area contributed by atoms with Crippen LogP contribution in [0, 0.1) is 0 Å². The Hall–Kier alpha value is -1.59. The van der Waals surface area contributed by atoms with E-state index in [1.807, 2.05) is 25.7 Å². The first kappa shape index (κ1) is 21.5. The number of likely N-dealkylation sites (tertiary alicyclic amines) is 1. The summed E-state index contributed by atoms with van der Waals surface area (Å²) in [6.45, 7) is 8.00. The lowest BCUT2D eigenvalue weighted by molar-refractivity contribution is 0.0583. The van der Waals surface area contributed by atoms with Crippen molar-refractivity contribution < 1.29 is 9.59 Å². The lowest BCUT2D eigenvalue weighted by atomic mass is 9.96. The molecule has 0 aromatic heterocycles. The number of benzene rings is 1. The van der Waals surface area contributed by atoms with E-state index in [1.165, 1.54) is 0 Å². The molecule has 0 aliphatic carbocycles. The first-order valence-corrected chi connectivity index (χ1v) is 8.95. The van der Waals surface area contributed by atoms with Gasteiger partial charge in [0.05, 0.1) is 0 Å². The van der Waals surface area contributed by atoms with Crippen LogP contribution in [0.1, 0.15) is 60.7 Å². The van der Waals surface area contributed by atoms with Gasteiger partial charge in [0.25, 0.3) is 11.8 Å². The van der Waals surface area contributed by atoms with Crippen LogP contribution in [0.2, 0.25) is 0 Å². The molecule has 2 rings (SSSR count). The van der Waals surface area contributed by atoms with Crippen LogP contribution in [0.15, 0.2) is 24.3 Å². The fraction of sp³-hybridized carbons (Fsp3) is 0.579. The molecule has 6 heteroatoms. The van der Waals surface area contributed by atoms with Crippen LogP contribution in [-0.2, 0) is 0 Å². The highest BCUT2D eigenvalue weighted by Gasteiger charge is 2.29. The molecule has 5 nitrogen and oxygen atoms in total. The van der Waals surface area contributed by atoms with Gasteiger partial charge in [-0.05, 0) is 64.3 Å². The fourth-order valence-electron chi connectivity index (χ4n) is 3.37. The third-order valence-electron chi connectivity index (χ3n) is 4.85. The van der Waals surface area contributed by atoms with Gasteiger partial charge in [-0.3, -0.25) is 9.59 Å². The average Bonchev–Trinajstić information content (AvgIpc) is 2.62. The molecular formula is C19H30ClN3O2. The summed E-state index contributed by atoms with van der Waals surface area (Å²) in [5.41, 5.74) is 7.30. The molecule has 1 aromatic carbocycles. The smallest absolute Gasteiger partial charge is 0.254 e. The molecule has 2 atom stereocenters. The van der Waals surface area contributed by atoms with Gasteiger partial charge >= 0.3 is 0 Å². The monoisotopic (exact) mass is 367 g/mol. The predicted molar refractivity (Wildman–Crippen MR) is 103 cm³/mol. The van der Waals surface area contributed by atoms with Crippen LogP contribution in [0.4, 0.5) is 0 Å². The van der Waals surface area contributed by atoms with Gasteiger partial charge in [0.15, 0.2) is 0 Å². The molecule has 0 radical (unpaired) electrons. The lowest BCUT2D eigenvalue weighted by Crippen LogP contribution is -2.51. The van der Waals surface area contributed by atoms with Crippen molar-refractivity contribution in [3.05, 3.63) is 35.4 Å². The van der Waals surface area contributed by atoms with Crippen molar-refractivity contribution in [3.8, 4) is 0 Å². The number of piperidine rings is 1. The molecule has 1 fully saturated rings. The number of hydrogen-bond donors (Lipinski definition) is 1. The summed E-state index contributed by atoms with van der Waals surface area (Å²) >= 11 is 0. The summed E-state index contributed by atoms with van der Waals surface area (Å²) < 4.78 is 0. The topological polar surface area (TPSA) is 66.6 Å². The molecule has 140 valence electrons. The second-order valence-corrected chi connectivity index (χ2v) is 6.48. The number of rotatable bonds is 5. The Morgan fingerprint density at radius 1 is 1.16 bits per heavy atom. The maximum Gasteiger partial charge on any atom is 0.254 e. The van der Waals surface area contributed by atoms with E-state index in [4.69, 9.17) is 5.73 Å². The first-order valence-electron chi connectivity index (χ1n) is 8.95. The summed E-state index contributed by atoms with van der Waals surface area (Å²) in [6.07, 6.45) is 3.10. The molecule has 25 heavy (non-hydrogen) atoms. The van der Waals surface area contributed by atoms with E-state index in [9.17, 15) is 9.59 Å². The van der Waals surface area contributed by atoms with Crippen LogP contribution in [-0.4, -0.2) is 53.3 Å². The number of nitrogens with zero attached hydrogens (tertiary/aromatic N) is 2. The van der Waals surface area contributed by atoms with E-state index < -0.39 is 0 Å². The van der Waals surface area contributed by atoms with Crippen molar-refractivity contribution in [1.29, 1.82) is 0 Å². The molecular weight excluding hydrogens is 338 g/mol. The van der Waals surface area contributed by atoms with E-state index in [0.29, 0.717) is 24.2 Å². The van der Waals surface area contributed by atoms with Crippen molar-refractivity contribution in [3.63, 3.8) is 0 Å². The number of carbonyl (C=O) groups is 2. The minimum atomic E-state index is -0.0298. The van der Waals surface area contributed by atoms with Gasteiger partial charge in [-0.2, -0.15) is 0 Å². The summed E-state index contributed by atoms with van der Waals surface area (Å²) in [5, 5.41) is 0. The van der Waals surface area contributed by atoms with Gasteiger partial charge in [0.1, 0.15) is 0 Å². The van der Waals surface area contributed by atoms with Gasteiger partial charge in [0.2, 0.25) is 0 Å². The summed E-state index contributed by atoms with van der Waals surface area (Å²) in [4.78, 5) is 28.8. The Kier molecular flexibility index (Phi) is 8.39. The van der Waals surface area contributed by atoms with E-state index in [1.54, 1.807) is 29.2 Å². The Bertz CT molecular complexity index is 571. The van der Waals surface area contributed by atoms with Crippen LogP contribution in [0.5, 0.6) is 0 Å². The van der Waals surface area contributed by atoms with Crippen LogP contribution in [0.25, 0.3) is 0 Å². The number of carbonyl (C=O) groups excluding carboxylic acids is 2. The number of halogens is 1. The highest BCUT2D eigenvalue weighted by atomic mass is 35.5. The second kappa shape index (κ2) is 9.78. The number of hydrogen-bond acceptors (Lipinski definition) is 3. The molecule has 0 saturated carbocycles. The highest BCUT2D eigenvalue weighted by molar-refractivity contribution is 5.98. The van der Waals surface area contributed by atoms with Crippen molar-refractivity contribution in [2.75, 3.05) is 19.6 Å². The van der Waals surface area contributed by atoms with Crippen molar-refractivity contribution in [1.82, 2.24) is 9.80 Å². The minimum absolute atomic E-state index is 0. The Morgan fingerprint density at radius 2 is 1.72 bits per heavy atom. The van der Waals surface area contributed by atoms with Gasteiger partial charge in [0, 0.05) is 42.8 Å². The van der Waals surface area contributed by atoms with Crippen LogP contribution in [0.3, 0.4) is 0 Å². The van der Waals surface area contributed by atoms with Gasteiger partial charge < -0.3 is 15.5 Å². The zero-order valence-electron chi connectivity index (χ0n) is 15.4. The van der Waals surface area contributed by atoms with E-state index in [0.717, 1.165) is 25.8 Å². The summed E-state index contributed by atoms with van der Waals surface area (Å²) in [6, 6.07) is 7.08. The standard InChI is InChI=1S/C19H29N3O2.ClH/c1-4-21(5-2)18(23)15-9-11-16(12-10-15)19(24)22-13-7-6-8-17(22)14(3)20;/h9-12,14,17H,4-8,13,20H2,1-3H3;1H. The van der Waals surface area contributed by atoms with Crippen LogP contribution >= 0.6 is 12.4 Å². The molecule has 1 saturated heterocycles. The predicted octanol–water partition coefficient (Wildman–Crippen LogP) is 2.93. The molecule has 1 aliphatic heterocycles. The summed E-state index contributed by atoms with van der Waals surface area (Å²) in [5.74, 6) is 0.0178. The van der Waals surface area contributed by atoms with Gasteiger partial charge in [-0.15, -0.1) is 12.4 Å². The largest absolute Gasteiger partial charge is 0.339 e. The lowest BCUT2D eigenvalue weighted by Gasteiger charge is -2.38. The molecule has 1 aromatic rings. The van der Waals surface area contributed by atoms with E-state index in [-0.39, 0.29) is 36.3 Å². The average molecular weight is 368 g/mol. The Balaban J connectivity index is 0.00000312. The highest BCUT2D eigenvalue weighted by Crippen LogP contribution is 2.22. The number of amides is 2. The molecule has 0 bridgehead atoms. The SMILES string of the molecule is CCN(CC)C(=O)c1ccc(C(=O)N2CCCCC2C(C)N)cc1.Cl. The molecule has 2 amide bonds. The van der Waals surface area contributed by atoms with Crippen molar-refractivity contribution in [2.24, 2.45) is 5.73 Å². The van der Waals surface area contributed by atoms with Crippen LogP contribution < -0.4 is 5.73 Å². The third-order valence-corrected chi connectivity index (χ3v) is 4.85.